The van der Waals surface area contributed by atoms with Gasteiger partial charge in [-0.25, -0.2) is 0 Å². The second-order valence-electron chi connectivity index (χ2n) is 7.56. The van der Waals surface area contributed by atoms with E-state index in [0.29, 0.717) is 17.0 Å². The highest BCUT2D eigenvalue weighted by molar-refractivity contribution is 5.65. The third kappa shape index (κ3) is 1.49. The first-order valence-electron chi connectivity index (χ1n) is 9.66. The number of aromatic nitrogens is 2. The van der Waals surface area contributed by atoms with Gasteiger partial charge in [-0.2, -0.15) is 0 Å². The SMILES string of the molecule is C=C=C1c2cccc[n+]2[N+]23N1C1CCCCC1N2C(=C=C)c1cccc[n+]13. The van der Waals surface area contributed by atoms with Crippen molar-refractivity contribution >= 4 is 11.4 Å². The molecule has 2 fully saturated rings. The van der Waals surface area contributed by atoms with Gasteiger partial charge < -0.3 is 0 Å². The standard InChI is InChI=1S/C22H22N5/c1-3-17-19-11-7-9-15-23(19)27-24-16-10-8-12-20(24)18(4-2)26(27)22-14-6-5-13-21(22)25(17)27/h7-12,15-16,21-22H,1-2,5-6,13-14H2/q+3. The summed E-state index contributed by atoms with van der Waals surface area (Å²) in [6, 6.07) is 13.5. The molecule has 27 heavy (non-hydrogen) atoms. The number of hydrogen-bond acceptors (Lipinski definition) is 2. The molecule has 3 aliphatic heterocycles. The fourth-order valence-electron chi connectivity index (χ4n) is 5.57. The molecule has 0 aromatic carbocycles. The Morgan fingerprint density at radius 3 is 1.74 bits per heavy atom. The summed E-state index contributed by atoms with van der Waals surface area (Å²) in [6.45, 7) is 8.11. The first-order valence-corrected chi connectivity index (χ1v) is 9.66. The van der Waals surface area contributed by atoms with Gasteiger partial charge in [0.2, 0.25) is 23.8 Å². The van der Waals surface area contributed by atoms with E-state index in [4.69, 9.17) is 0 Å². The molecular formula is C22H22N5+3. The molecule has 1 aliphatic carbocycles. The van der Waals surface area contributed by atoms with E-state index in [-0.39, 0.29) is 0 Å². The van der Waals surface area contributed by atoms with Crippen LogP contribution in [-0.4, -0.2) is 22.1 Å². The molecule has 6 rings (SSSR count). The smallest absolute Gasteiger partial charge is 0.0902 e. The van der Waals surface area contributed by atoms with E-state index in [9.17, 15) is 0 Å². The van der Waals surface area contributed by atoms with Gasteiger partial charge in [0, 0.05) is 24.3 Å². The van der Waals surface area contributed by atoms with Gasteiger partial charge in [0.05, 0.1) is 9.35 Å². The fourth-order valence-corrected chi connectivity index (χ4v) is 5.57. The Balaban J connectivity index is 1.78. The zero-order chi connectivity index (χ0) is 18.2. The second kappa shape index (κ2) is 4.99. The molecule has 0 amide bonds. The molecule has 0 bridgehead atoms. The molecule has 5 heterocycles. The zero-order valence-corrected chi connectivity index (χ0v) is 15.3. The number of nitrogens with zero attached hydrogens (tertiary/aromatic N) is 5. The summed E-state index contributed by atoms with van der Waals surface area (Å²) < 4.78 is 4.64. The van der Waals surface area contributed by atoms with E-state index in [1.807, 2.05) is 0 Å². The Morgan fingerprint density at radius 2 is 1.30 bits per heavy atom. The van der Waals surface area contributed by atoms with Crippen molar-refractivity contribution in [3.8, 4) is 0 Å². The van der Waals surface area contributed by atoms with Gasteiger partial charge in [0.1, 0.15) is 12.1 Å². The maximum Gasteiger partial charge on any atom is 0.315 e. The van der Waals surface area contributed by atoms with Gasteiger partial charge in [-0.1, -0.05) is 47.5 Å². The van der Waals surface area contributed by atoms with Gasteiger partial charge in [-0.3, -0.25) is 0 Å². The minimum atomic E-state index is 0.409. The summed E-state index contributed by atoms with van der Waals surface area (Å²) in [6.07, 6.45) is 9.19. The predicted octanol–water partition coefficient (Wildman–Crippen LogP) is 2.20. The number of rotatable bonds is 0. The average Bonchev–Trinajstić information content (AvgIpc) is 3.29. The highest BCUT2D eigenvalue weighted by Gasteiger charge is 2.83. The van der Waals surface area contributed by atoms with Crippen molar-refractivity contribution in [3.05, 3.63) is 84.8 Å². The molecule has 2 aromatic heterocycles. The van der Waals surface area contributed by atoms with Crippen LogP contribution in [0.2, 0.25) is 0 Å². The maximum atomic E-state index is 4.06. The first kappa shape index (κ1) is 15.0. The van der Waals surface area contributed by atoms with Crippen LogP contribution in [-0.2, 0) is 0 Å². The Bertz CT molecular complexity index is 1000. The quantitative estimate of drug-likeness (QED) is 0.408. The van der Waals surface area contributed by atoms with E-state index in [2.05, 4.69) is 92.8 Å². The molecule has 5 nitrogen and oxygen atoms in total. The summed E-state index contributed by atoms with van der Waals surface area (Å²) in [4.78, 5) is 0.442. The van der Waals surface area contributed by atoms with Gasteiger partial charge in [0.25, 0.3) is 0 Å². The van der Waals surface area contributed by atoms with Crippen LogP contribution in [0.5, 0.6) is 0 Å². The van der Waals surface area contributed by atoms with E-state index in [1.54, 1.807) is 0 Å². The summed E-state index contributed by atoms with van der Waals surface area (Å²) in [7, 11) is 0. The van der Waals surface area contributed by atoms with E-state index < -0.39 is 0 Å². The fraction of sp³-hybridized carbons (Fsp3) is 0.273. The van der Waals surface area contributed by atoms with Crippen LogP contribution in [0, 0.1) is 0 Å². The molecular weight excluding hydrogens is 334 g/mol. The largest absolute Gasteiger partial charge is 0.315 e. The molecule has 1 spiro atoms. The minimum absolute atomic E-state index is 0.409. The third-order valence-corrected chi connectivity index (χ3v) is 6.44. The Labute approximate surface area is 158 Å². The maximum absolute atomic E-state index is 4.06. The molecule has 2 unspecified atom stereocenters. The Hall–Kier alpha value is -3.10. The molecule has 1 saturated heterocycles. The van der Waals surface area contributed by atoms with Crippen LogP contribution >= 0.6 is 0 Å². The highest BCUT2D eigenvalue weighted by atomic mass is 16.3. The number of pyridine rings is 2. The van der Waals surface area contributed by atoms with Gasteiger partial charge in [-0.05, 0) is 25.0 Å². The number of fused-ring (bicyclic) bond motifs is 5. The topological polar surface area (TPSA) is 14.2 Å². The van der Waals surface area contributed by atoms with Crippen LogP contribution in [0.25, 0.3) is 11.4 Å². The normalized spacial score (nSPS) is 29.5. The predicted molar refractivity (Wildman–Crippen MR) is 101 cm³/mol. The molecule has 4 aliphatic rings. The lowest BCUT2D eigenvalue weighted by molar-refractivity contribution is -1.10. The van der Waals surface area contributed by atoms with E-state index >= 15 is 0 Å². The van der Waals surface area contributed by atoms with Crippen LogP contribution in [0.15, 0.2) is 73.4 Å². The Morgan fingerprint density at radius 1 is 0.815 bits per heavy atom. The molecule has 132 valence electrons. The van der Waals surface area contributed by atoms with Crippen molar-refractivity contribution in [3.63, 3.8) is 0 Å². The van der Waals surface area contributed by atoms with Gasteiger partial charge >= 0.3 is 16.3 Å². The summed E-state index contributed by atoms with van der Waals surface area (Å²) in [5.41, 5.74) is 10.9. The van der Waals surface area contributed by atoms with Crippen molar-refractivity contribution in [2.75, 3.05) is 0 Å². The number of quaternary nitrogens is 1. The zero-order valence-electron chi connectivity index (χ0n) is 15.3. The first-order chi connectivity index (χ1) is 13.3. The molecule has 0 radical (unpaired) electrons. The monoisotopic (exact) mass is 356 g/mol. The molecule has 0 N–H and O–H groups in total. The lowest BCUT2D eigenvalue weighted by Crippen LogP contribution is -2.91. The highest BCUT2D eigenvalue weighted by Crippen LogP contribution is 2.48. The molecule has 5 heteroatoms. The van der Waals surface area contributed by atoms with Gasteiger partial charge in [0.15, 0.2) is 0 Å². The lowest BCUT2D eigenvalue weighted by atomic mass is 9.89. The van der Waals surface area contributed by atoms with Crippen molar-refractivity contribution < 1.29 is 9.35 Å². The van der Waals surface area contributed by atoms with Gasteiger partial charge in [-0.15, -0.1) is 0 Å². The van der Waals surface area contributed by atoms with E-state index in [0.717, 1.165) is 22.8 Å². The van der Waals surface area contributed by atoms with E-state index in [1.165, 1.54) is 25.7 Å². The third-order valence-electron chi connectivity index (χ3n) is 6.44. The minimum Gasteiger partial charge on any atom is -0.0902 e. The summed E-state index contributed by atoms with van der Waals surface area (Å²) >= 11 is 0. The van der Waals surface area contributed by atoms with Crippen LogP contribution in [0.4, 0.5) is 0 Å². The van der Waals surface area contributed by atoms with Crippen molar-refractivity contribution in [1.29, 1.82) is 0 Å². The Kier molecular flexibility index (Phi) is 2.78. The van der Waals surface area contributed by atoms with Crippen LogP contribution < -0.4 is 14.3 Å². The average molecular weight is 356 g/mol. The number of hydrogen-bond donors (Lipinski definition) is 0. The summed E-state index contributed by atoms with van der Waals surface area (Å²) in [5, 5.41) is 5.00. The molecule has 1 saturated carbocycles. The van der Waals surface area contributed by atoms with Crippen molar-refractivity contribution in [2.24, 2.45) is 0 Å². The molecule has 2 aromatic rings. The van der Waals surface area contributed by atoms with Crippen LogP contribution in [0.3, 0.4) is 0 Å². The van der Waals surface area contributed by atoms with Crippen molar-refractivity contribution in [1.82, 2.24) is 14.9 Å². The molecule has 2 atom stereocenters. The van der Waals surface area contributed by atoms with Crippen molar-refractivity contribution in [2.45, 2.75) is 37.8 Å². The lowest BCUT2D eigenvalue weighted by Gasteiger charge is -2.24. The summed E-state index contributed by atoms with van der Waals surface area (Å²) in [5.74, 6) is 0. The second-order valence-corrected chi connectivity index (χ2v) is 7.56. The van der Waals surface area contributed by atoms with Crippen LogP contribution in [0.1, 0.15) is 37.1 Å².